The summed E-state index contributed by atoms with van der Waals surface area (Å²) in [5, 5.41) is 0.100. The second-order valence-corrected chi connectivity index (χ2v) is 12.6. The number of ether oxygens (including phenoxy) is 1. The summed E-state index contributed by atoms with van der Waals surface area (Å²) in [6.45, 7) is 1.80. The van der Waals surface area contributed by atoms with Crippen LogP contribution in [-0.2, 0) is 32.0 Å². The van der Waals surface area contributed by atoms with Crippen molar-refractivity contribution in [2.45, 2.75) is 42.7 Å². The molecule has 2 aliphatic rings. The lowest BCUT2D eigenvalue weighted by Crippen LogP contribution is -2.39. The minimum Gasteiger partial charge on any atom is -0.461 e. The lowest BCUT2D eigenvalue weighted by atomic mass is 9.91. The Balaban J connectivity index is 1.59. The van der Waals surface area contributed by atoms with Gasteiger partial charge in [0.25, 0.3) is 15.6 Å². The number of para-hydroxylation sites is 1. The lowest BCUT2D eigenvalue weighted by Gasteiger charge is -2.20. The van der Waals surface area contributed by atoms with E-state index in [1.54, 1.807) is 44.2 Å². The molecule has 3 heterocycles. The SMILES string of the molecule is CCOC(=O)c1cc2c([C@H]3C[C@@]34C(=O)N(CC(F)(F)F)c3ccccc34)cn(C)c(=O)c2n1S(=O)(=O)c1ccc(C)cc1. The molecule has 9 nitrogen and oxygen atoms in total. The van der Waals surface area contributed by atoms with Crippen LogP contribution in [-0.4, -0.2) is 48.2 Å². The lowest BCUT2D eigenvalue weighted by molar-refractivity contribution is -0.133. The summed E-state index contributed by atoms with van der Waals surface area (Å²) in [6.07, 6.45) is -3.06. The van der Waals surface area contributed by atoms with E-state index in [2.05, 4.69) is 0 Å². The van der Waals surface area contributed by atoms with Gasteiger partial charge in [-0.3, -0.25) is 9.59 Å². The number of rotatable bonds is 6. The van der Waals surface area contributed by atoms with Gasteiger partial charge in [0.2, 0.25) is 5.91 Å². The minimum absolute atomic E-state index is 0.0676. The summed E-state index contributed by atoms with van der Waals surface area (Å²) in [7, 11) is -3.10. The monoisotopic (exact) mass is 613 g/mol. The summed E-state index contributed by atoms with van der Waals surface area (Å²) < 4.78 is 75.4. The van der Waals surface area contributed by atoms with Crippen molar-refractivity contribution in [2.75, 3.05) is 18.1 Å². The molecule has 1 fully saturated rings. The molecule has 2 atom stereocenters. The Bertz CT molecular complexity index is 2000. The molecule has 2 aromatic heterocycles. The molecule has 2 aromatic carbocycles. The molecule has 224 valence electrons. The smallest absolute Gasteiger partial charge is 0.406 e. The summed E-state index contributed by atoms with van der Waals surface area (Å²) in [5.74, 6) is -2.40. The van der Waals surface area contributed by atoms with Gasteiger partial charge in [-0.2, -0.15) is 13.2 Å². The number of aryl methyl sites for hydroxylation is 2. The Morgan fingerprint density at radius 2 is 1.77 bits per heavy atom. The number of nitrogens with zero attached hydrogens (tertiary/aromatic N) is 3. The molecule has 4 aromatic rings. The predicted molar refractivity (Wildman–Crippen MR) is 151 cm³/mol. The fourth-order valence-electron chi connectivity index (χ4n) is 6.17. The second-order valence-electron chi connectivity index (χ2n) is 10.8. The van der Waals surface area contributed by atoms with E-state index in [-0.39, 0.29) is 34.5 Å². The Labute approximate surface area is 244 Å². The van der Waals surface area contributed by atoms with Gasteiger partial charge in [0.1, 0.15) is 17.8 Å². The first-order chi connectivity index (χ1) is 20.2. The second kappa shape index (κ2) is 9.56. The molecule has 1 aliphatic carbocycles. The number of benzene rings is 2. The van der Waals surface area contributed by atoms with Crippen LogP contribution in [0, 0.1) is 6.92 Å². The molecule has 0 unspecified atom stereocenters. The Morgan fingerprint density at radius 3 is 2.42 bits per heavy atom. The largest absolute Gasteiger partial charge is 0.461 e. The zero-order valence-corrected chi connectivity index (χ0v) is 24.1. The van der Waals surface area contributed by atoms with E-state index in [1.807, 2.05) is 0 Å². The molecule has 1 saturated carbocycles. The van der Waals surface area contributed by atoms with Crippen LogP contribution in [0.5, 0.6) is 0 Å². The van der Waals surface area contributed by atoms with Gasteiger partial charge in [-0.15, -0.1) is 0 Å². The van der Waals surface area contributed by atoms with E-state index in [4.69, 9.17) is 4.74 Å². The van der Waals surface area contributed by atoms with Crippen LogP contribution in [0.3, 0.4) is 0 Å². The molecular formula is C30H26F3N3O6S. The molecular weight excluding hydrogens is 587 g/mol. The first-order valence-corrected chi connectivity index (χ1v) is 14.9. The molecule has 6 rings (SSSR count). The third kappa shape index (κ3) is 4.28. The summed E-state index contributed by atoms with van der Waals surface area (Å²) in [5.41, 5.74) is -1.07. The number of alkyl halides is 3. The first-order valence-electron chi connectivity index (χ1n) is 13.4. The summed E-state index contributed by atoms with van der Waals surface area (Å²) in [6, 6.07) is 13.4. The summed E-state index contributed by atoms with van der Waals surface area (Å²) in [4.78, 5) is 41.0. The highest BCUT2D eigenvalue weighted by Gasteiger charge is 2.68. The zero-order valence-electron chi connectivity index (χ0n) is 23.3. The fraction of sp³-hybridized carbons (Fsp3) is 0.300. The molecule has 1 spiro atoms. The molecule has 0 radical (unpaired) electrons. The van der Waals surface area contributed by atoms with E-state index in [0.29, 0.717) is 15.1 Å². The Hall–Kier alpha value is -4.39. The maximum absolute atomic E-state index is 14.0. The minimum atomic E-state index is -4.64. The zero-order chi connectivity index (χ0) is 31.1. The number of amides is 1. The van der Waals surface area contributed by atoms with Crippen LogP contribution >= 0.6 is 0 Å². The molecule has 13 heteroatoms. The third-order valence-electron chi connectivity index (χ3n) is 8.14. The quantitative estimate of drug-likeness (QED) is 0.299. The highest BCUT2D eigenvalue weighted by atomic mass is 32.2. The fourth-order valence-corrected chi connectivity index (χ4v) is 7.66. The van der Waals surface area contributed by atoms with E-state index >= 15 is 0 Å². The number of carbonyl (C=O) groups excluding carboxylic acids is 2. The van der Waals surface area contributed by atoms with Crippen molar-refractivity contribution in [1.82, 2.24) is 8.54 Å². The average Bonchev–Trinajstić information content (AvgIpc) is 3.49. The van der Waals surface area contributed by atoms with Crippen molar-refractivity contribution in [1.29, 1.82) is 0 Å². The van der Waals surface area contributed by atoms with Crippen LogP contribution in [0.15, 0.2) is 70.5 Å². The molecule has 43 heavy (non-hydrogen) atoms. The highest BCUT2D eigenvalue weighted by Crippen LogP contribution is 2.67. The number of aromatic nitrogens is 2. The van der Waals surface area contributed by atoms with Gasteiger partial charge >= 0.3 is 12.1 Å². The van der Waals surface area contributed by atoms with E-state index in [9.17, 15) is 36.0 Å². The first kappa shape index (κ1) is 28.7. The molecule has 0 N–H and O–H groups in total. The van der Waals surface area contributed by atoms with E-state index in [1.165, 1.54) is 37.5 Å². The number of fused-ring (bicyclic) bond motifs is 3. The molecule has 0 saturated heterocycles. The van der Waals surface area contributed by atoms with Crippen LogP contribution in [0.4, 0.5) is 18.9 Å². The maximum Gasteiger partial charge on any atom is 0.406 e. The highest BCUT2D eigenvalue weighted by molar-refractivity contribution is 7.90. The van der Waals surface area contributed by atoms with Crippen LogP contribution in [0.25, 0.3) is 10.9 Å². The van der Waals surface area contributed by atoms with Gasteiger partial charge in [-0.25, -0.2) is 17.2 Å². The molecule has 0 bridgehead atoms. The van der Waals surface area contributed by atoms with Crippen molar-refractivity contribution >= 4 is 38.5 Å². The van der Waals surface area contributed by atoms with Crippen molar-refractivity contribution in [3.63, 3.8) is 0 Å². The van der Waals surface area contributed by atoms with Gasteiger partial charge in [0.15, 0.2) is 0 Å². The standard InChI is InChI=1S/C30H26F3N3O6S/c1-4-42-27(38)24-13-19-20(15-34(3)26(37)25(19)36(24)43(40,41)18-11-9-17(2)10-12-18)22-14-29(22)21-7-5-6-8-23(21)35(28(29)39)16-30(31,32)33/h5-13,15,22H,4,14,16H2,1-3H3/t22-,29+/m1/s1. The van der Waals surface area contributed by atoms with E-state index in [0.717, 1.165) is 15.0 Å². The van der Waals surface area contributed by atoms with Gasteiger partial charge in [-0.05, 0) is 55.7 Å². The van der Waals surface area contributed by atoms with Crippen molar-refractivity contribution in [3.8, 4) is 0 Å². The topological polar surface area (TPSA) is 108 Å². The number of halogens is 3. The normalized spacial score (nSPS) is 19.7. The Morgan fingerprint density at radius 1 is 1.09 bits per heavy atom. The van der Waals surface area contributed by atoms with Gasteiger partial charge in [0, 0.05) is 30.2 Å². The molecule has 1 amide bonds. The Kier molecular flexibility index (Phi) is 6.39. The van der Waals surface area contributed by atoms with Crippen LogP contribution in [0.2, 0.25) is 0 Å². The maximum atomic E-state index is 14.0. The van der Waals surface area contributed by atoms with Gasteiger partial charge in [0.05, 0.1) is 16.9 Å². The molecule has 1 aliphatic heterocycles. The van der Waals surface area contributed by atoms with E-state index < -0.39 is 57.2 Å². The number of anilines is 1. The average molecular weight is 614 g/mol. The van der Waals surface area contributed by atoms with Gasteiger partial charge in [-0.1, -0.05) is 35.9 Å². The number of carbonyl (C=O) groups is 2. The number of pyridine rings is 1. The number of esters is 1. The van der Waals surface area contributed by atoms with Crippen molar-refractivity contribution < 1.29 is 35.9 Å². The number of hydrogen-bond donors (Lipinski definition) is 0. The number of hydrogen-bond acceptors (Lipinski definition) is 6. The van der Waals surface area contributed by atoms with Crippen molar-refractivity contribution in [3.05, 3.63) is 93.5 Å². The van der Waals surface area contributed by atoms with Crippen LogP contribution in [0.1, 0.15) is 46.4 Å². The van der Waals surface area contributed by atoms with Gasteiger partial charge < -0.3 is 14.2 Å². The third-order valence-corrected chi connectivity index (χ3v) is 9.87. The predicted octanol–water partition coefficient (Wildman–Crippen LogP) is 4.40. The van der Waals surface area contributed by atoms with Crippen LogP contribution < -0.4 is 10.5 Å². The summed E-state index contributed by atoms with van der Waals surface area (Å²) >= 11 is 0. The van der Waals surface area contributed by atoms with Crippen molar-refractivity contribution in [2.24, 2.45) is 7.05 Å².